The highest BCUT2D eigenvalue weighted by atomic mass is 16.5. The van der Waals surface area contributed by atoms with E-state index in [1.807, 2.05) is 6.92 Å². The van der Waals surface area contributed by atoms with Gasteiger partial charge in [-0.15, -0.1) is 0 Å². The van der Waals surface area contributed by atoms with Gasteiger partial charge in [0.15, 0.2) is 5.90 Å². The van der Waals surface area contributed by atoms with Gasteiger partial charge < -0.3 is 9.84 Å². The van der Waals surface area contributed by atoms with Crippen LogP contribution in [-0.2, 0) is 24.8 Å². The first-order valence-corrected chi connectivity index (χ1v) is 6.24. The van der Waals surface area contributed by atoms with Gasteiger partial charge in [0.2, 0.25) is 0 Å². The quantitative estimate of drug-likeness (QED) is 0.800. The van der Waals surface area contributed by atoms with Crippen molar-refractivity contribution in [1.29, 1.82) is 0 Å². The minimum atomic E-state index is -0.418. The third-order valence-electron chi connectivity index (χ3n) is 3.02. The zero-order valence-corrected chi connectivity index (χ0v) is 11.0. The maximum absolute atomic E-state index is 12.2. The lowest BCUT2D eigenvalue weighted by atomic mass is 10.2. The van der Waals surface area contributed by atoms with Crippen molar-refractivity contribution in [3.8, 4) is 0 Å². The monoisotopic (exact) mass is 267 g/mol. The molecule has 1 aliphatic heterocycles. The van der Waals surface area contributed by atoms with Gasteiger partial charge in [0.1, 0.15) is 5.82 Å². The number of aromatic nitrogens is 2. The number of fused-ring (bicyclic) bond motifs is 1. The number of aliphatic imine (C=N–C) groups is 1. The lowest BCUT2D eigenvalue weighted by Gasteiger charge is -2.09. The molecule has 0 amide bonds. The summed E-state index contributed by atoms with van der Waals surface area (Å²) in [5.74, 6) is 0.836. The molecule has 0 atom stereocenters. The number of aliphatic hydroxyl groups is 1. The average molecular weight is 267 g/mol. The number of hydrogen-bond acceptors (Lipinski definition) is 5. The normalized spacial score (nSPS) is 13.3. The van der Waals surface area contributed by atoms with E-state index >= 15 is 0 Å². The van der Waals surface area contributed by atoms with Crippen LogP contribution < -0.4 is 11.2 Å². The fourth-order valence-corrected chi connectivity index (χ4v) is 2.10. The Labute approximate surface area is 109 Å². The second kappa shape index (κ2) is 5.40. The molecule has 1 aromatic heterocycles. The number of ether oxygens (including phenoxy) is 1. The molecule has 0 spiro atoms. The van der Waals surface area contributed by atoms with Crippen LogP contribution in [-0.4, -0.2) is 33.4 Å². The van der Waals surface area contributed by atoms with Crippen LogP contribution >= 0.6 is 0 Å². The summed E-state index contributed by atoms with van der Waals surface area (Å²) in [6.45, 7) is 2.45. The smallest absolute Gasteiger partial charge is 0.332 e. The van der Waals surface area contributed by atoms with Crippen LogP contribution in [0.5, 0.6) is 0 Å². The van der Waals surface area contributed by atoms with Crippen molar-refractivity contribution >= 4 is 11.7 Å². The molecule has 0 radical (unpaired) electrons. The van der Waals surface area contributed by atoms with E-state index in [1.54, 1.807) is 7.05 Å². The van der Waals surface area contributed by atoms with Crippen molar-refractivity contribution in [2.45, 2.75) is 26.3 Å². The Bertz CT molecular complexity index is 627. The van der Waals surface area contributed by atoms with Crippen LogP contribution in [0.4, 0.5) is 5.82 Å². The summed E-state index contributed by atoms with van der Waals surface area (Å²) >= 11 is 0. The number of nitrogens with zero attached hydrogens (tertiary/aromatic N) is 3. The predicted octanol–water partition coefficient (Wildman–Crippen LogP) is -0.448. The van der Waals surface area contributed by atoms with E-state index < -0.39 is 5.69 Å². The zero-order chi connectivity index (χ0) is 14.0. The second-order valence-electron chi connectivity index (χ2n) is 4.29. The van der Waals surface area contributed by atoms with E-state index in [4.69, 9.17) is 9.84 Å². The van der Waals surface area contributed by atoms with Gasteiger partial charge in [-0.3, -0.25) is 13.9 Å². The molecule has 0 aliphatic carbocycles. The Balaban J connectivity index is 2.49. The third kappa shape index (κ3) is 2.33. The van der Waals surface area contributed by atoms with Gasteiger partial charge in [0.05, 0.1) is 18.6 Å². The van der Waals surface area contributed by atoms with Crippen molar-refractivity contribution < 1.29 is 9.84 Å². The molecular formula is C12H17N3O4. The van der Waals surface area contributed by atoms with E-state index in [9.17, 15) is 9.59 Å². The molecule has 0 bridgehead atoms. The van der Waals surface area contributed by atoms with Crippen LogP contribution in [0, 0.1) is 0 Å². The lowest BCUT2D eigenvalue weighted by Crippen LogP contribution is -2.40. The minimum absolute atomic E-state index is 0.0621. The van der Waals surface area contributed by atoms with Crippen LogP contribution in [0.1, 0.15) is 18.9 Å². The third-order valence-corrected chi connectivity index (χ3v) is 3.02. The fraction of sp³-hybridized carbons (Fsp3) is 0.583. The predicted molar refractivity (Wildman–Crippen MR) is 70.1 cm³/mol. The molecule has 1 aliphatic rings. The van der Waals surface area contributed by atoms with E-state index in [-0.39, 0.29) is 18.7 Å². The molecule has 19 heavy (non-hydrogen) atoms. The summed E-state index contributed by atoms with van der Waals surface area (Å²) in [5, 5.41) is 8.82. The first kappa shape index (κ1) is 13.5. The number of rotatable bonds is 4. The summed E-state index contributed by atoms with van der Waals surface area (Å²) in [4.78, 5) is 28.5. The summed E-state index contributed by atoms with van der Waals surface area (Å²) in [6.07, 6.45) is 0.683. The summed E-state index contributed by atoms with van der Waals surface area (Å²) in [5.41, 5.74) is -0.285. The van der Waals surface area contributed by atoms with E-state index in [1.165, 1.54) is 4.57 Å². The van der Waals surface area contributed by atoms with Crippen LogP contribution in [0.25, 0.3) is 0 Å². The highest BCUT2D eigenvalue weighted by molar-refractivity contribution is 5.86. The van der Waals surface area contributed by atoms with Gasteiger partial charge in [0.25, 0.3) is 5.56 Å². The van der Waals surface area contributed by atoms with E-state index in [2.05, 4.69) is 4.99 Å². The van der Waals surface area contributed by atoms with Crippen molar-refractivity contribution in [3.63, 3.8) is 0 Å². The highest BCUT2D eigenvalue weighted by Crippen LogP contribution is 2.21. The Hall–Kier alpha value is -1.89. The number of hydrogen-bond donors (Lipinski definition) is 1. The molecule has 1 N–H and O–H groups in total. The maximum atomic E-state index is 12.2. The summed E-state index contributed by atoms with van der Waals surface area (Å²) in [7, 11) is 1.58. The molecular weight excluding hydrogens is 250 g/mol. The Morgan fingerprint density at radius 2 is 2.16 bits per heavy atom. The molecule has 0 fully saturated rings. The van der Waals surface area contributed by atoms with Gasteiger partial charge in [0, 0.05) is 20.2 Å². The van der Waals surface area contributed by atoms with Crippen molar-refractivity contribution in [2.75, 3.05) is 13.2 Å². The topological polar surface area (TPSA) is 85.8 Å². The first-order chi connectivity index (χ1) is 9.10. The standard InChI is InChI=1S/C12H17N3O4/c1-3-19-9-7-8-10(13-9)14(2)12(18)15(11(8)17)5-4-6-16/h16H,3-7H2,1-2H3. The van der Waals surface area contributed by atoms with Gasteiger partial charge in [-0.05, 0) is 13.3 Å². The largest absolute Gasteiger partial charge is 0.481 e. The van der Waals surface area contributed by atoms with Crippen molar-refractivity contribution in [3.05, 3.63) is 26.4 Å². The van der Waals surface area contributed by atoms with Crippen LogP contribution in [0.2, 0.25) is 0 Å². The second-order valence-corrected chi connectivity index (χ2v) is 4.29. The first-order valence-electron chi connectivity index (χ1n) is 6.24. The Morgan fingerprint density at radius 3 is 2.79 bits per heavy atom. The van der Waals surface area contributed by atoms with E-state index in [0.29, 0.717) is 36.7 Å². The SMILES string of the molecule is CCOC1=Nc2c(c(=O)n(CCCO)c(=O)n2C)C1. The molecule has 1 aromatic rings. The maximum Gasteiger partial charge on any atom is 0.332 e. The van der Waals surface area contributed by atoms with Gasteiger partial charge >= 0.3 is 5.69 Å². The zero-order valence-electron chi connectivity index (χ0n) is 11.0. The molecule has 7 heteroatoms. The molecule has 0 unspecified atom stereocenters. The molecule has 104 valence electrons. The van der Waals surface area contributed by atoms with Crippen LogP contribution in [0.15, 0.2) is 14.6 Å². The fourth-order valence-electron chi connectivity index (χ4n) is 2.10. The molecule has 0 aromatic carbocycles. The molecule has 2 heterocycles. The Kier molecular flexibility index (Phi) is 3.84. The highest BCUT2D eigenvalue weighted by Gasteiger charge is 2.24. The van der Waals surface area contributed by atoms with Crippen LogP contribution in [0.3, 0.4) is 0 Å². The summed E-state index contributed by atoms with van der Waals surface area (Å²) in [6, 6.07) is 0. The van der Waals surface area contributed by atoms with E-state index in [0.717, 1.165) is 4.57 Å². The van der Waals surface area contributed by atoms with Crippen molar-refractivity contribution in [2.24, 2.45) is 12.0 Å². The minimum Gasteiger partial charge on any atom is -0.481 e. The van der Waals surface area contributed by atoms with Crippen molar-refractivity contribution in [1.82, 2.24) is 9.13 Å². The lowest BCUT2D eigenvalue weighted by molar-refractivity contribution is 0.277. The summed E-state index contributed by atoms with van der Waals surface area (Å²) < 4.78 is 7.79. The molecule has 7 nitrogen and oxygen atoms in total. The van der Waals surface area contributed by atoms with Gasteiger partial charge in [-0.25, -0.2) is 4.79 Å². The molecule has 0 saturated heterocycles. The number of aliphatic hydroxyl groups excluding tert-OH is 1. The Morgan fingerprint density at radius 1 is 1.42 bits per heavy atom. The molecule has 0 saturated carbocycles. The molecule has 2 rings (SSSR count). The average Bonchev–Trinajstić information content (AvgIpc) is 2.81. The van der Waals surface area contributed by atoms with Gasteiger partial charge in [-0.2, -0.15) is 4.99 Å². The van der Waals surface area contributed by atoms with Gasteiger partial charge in [-0.1, -0.05) is 0 Å².